The van der Waals surface area contributed by atoms with E-state index in [4.69, 9.17) is 10.5 Å². The monoisotopic (exact) mass is 285 g/mol. The lowest BCUT2D eigenvalue weighted by molar-refractivity contribution is -0.117. The van der Waals surface area contributed by atoms with E-state index in [0.29, 0.717) is 23.6 Å². The highest BCUT2D eigenvalue weighted by molar-refractivity contribution is 5.94. The fraction of sp³-hybridized carbons (Fsp3) is 0.250. The molecule has 1 amide bonds. The lowest BCUT2D eigenvalue weighted by Crippen LogP contribution is -2.35. The van der Waals surface area contributed by atoms with Gasteiger partial charge in [0.05, 0.1) is 6.04 Å². The minimum absolute atomic E-state index is 0.182. The van der Waals surface area contributed by atoms with E-state index in [2.05, 4.69) is 10.3 Å². The van der Waals surface area contributed by atoms with Gasteiger partial charge in [-0.3, -0.25) is 9.78 Å². The van der Waals surface area contributed by atoms with E-state index >= 15 is 0 Å². The summed E-state index contributed by atoms with van der Waals surface area (Å²) in [6.45, 7) is 2.00. The van der Waals surface area contributed by atoms with Gasteiger partial charge in [0.15, 0.2) is 0 Å². The van der Waals surface area contributed by atoms with Crippen molar-refractivity contribution in [1.82, 2.24) is 4.98 Å². The minimum atomic E-state index is -0.486. The number of hydrogen-bond donors (Lipinski definition) is 2. The molecule has 0 saturated heterocycles. The van der Waals surface area contributed by atoms with Gasteiger partial charge in [-0.25, -0.2) is 0 Å². The first kappa shape index (κ1) is 15.0. The number of nitrogens with two attached hydrogens (primary N) is 1. The summed E-state index contributed by atoms with van der Waals surface area (Å²) in [5.74, 6) is 1.15. The van der Waals surface area contributed by atoms with Gasteiger partial charge in [0.25, 0.3) is 0 Å². The second-order valence-electron chi connectivity index (χ2n) is 4.70. The van der Waals surface area contributed by atoms with Crippen LogP contribution in [0.5, 0.6) is 11.5 Å². The smallest absolute Gasteiger partial charge is 0.241 e. The molecule has 0 aliphatic rings. The molecule has 0 saturated carbocycles. The molecule has 2 aromatic rings. The average molecular weight is 285 g/mol. The van der Waals surface area contributed by atoms with Crippen LogP contribution in [-0.2, 0) is 4.79 Å². The van der Waals surface area contributed by atoms with Gasteiger partial charge in [-0.05, 0) is 30.7 Å². The van der Waals surface area contributed by atoms with E-state index in [0.717, 1.165) is 6.42 Å². The largest absolute Gasteiger partial charge is 0.457 e. The van der Waals surface area contributed by atoms with Gasteiger partial charge in [0.2, 0.25) is 5.91 Å². The van der Waals surface area contributed by atoms with E-state index in [-0.39, 0.29) is 5.91 Å². The Kier molecular flexibility index (Phi) is 5.29. The first-order valence-corrected chi connectivity index (χ1v) is 6.93. The minimum Gasteiger partial charge on any atom is -0.457 e. The quantitative estimate of drug-likeness (QED) is 0.855. The zero-order valence-electron chi connectivity index (χ0n) is 12.0. The van der Waals surface area contributed by atoms with Crippen LogP contribution in [0, 0.1) is 0 Å². The molecular weight excluding hydrogens is 266 g/mol. The Balaban J connectivity index is 2.02. The van der Waals surface area contributed by atoms with Gasteiger partial charge in [-0.15, -0.1) is 0 Å². The number of carbonyl (C=O) groups excluding carboxylic acids is 1. The molecule has 0 aliphatic carbocycles. The molecule has 1 aromatic heterocycles. The van der Waals surface area contributed by atoms with Crippen molar-refractivity contribution in [1.29, 1.82) is 0 Å². The van der Waals surface area contributed by atoms with Crippen LogP contribution in [0.1, 0.15) is 19.8 Å². The van der Waals surface area contributed by atoms with Gasteiger partial charge in [0, 0.05) is 24.1 Å². The van der Waals surface area contributed by atoms with E-state index in [1.54, 1.807) is 36.7 Å². The zero-order valence-corrected chi connectivity index (χ0v) is 12.0. The van der Waals surface area contributed by atoms with Crippen molar-refractivity contribution in [3.63, 3.8) is 0 Å². The summed E-state index contributed by atoms with van der Waals surface area (Å²) in [5, 5.41) is 2.80. The Morgan fingerprint density at radius 2 is 2.05 bits per heavy atom. The number of ether oxygens (including phenoxy) is 1. The third-order valence-corrected chi connectivity index (χ3v) is 2.92. The zero-order chi connectivity index (χ0) is 15.1. The molecule has 5 heteroatoms. The van der Waals surface area contributed by atoms with E-state index in [9.17, 15) is 4.79 Å². The maximum absolute atomic E-state index is 11.9. The van der Waals surface area contributed by atoms with Crippen molar-refractivity contribution in [2.45, 2.75) is 25.8 Å². The molecule has 0 fully saturated rings. The third-order valence-electron chi connectivity index (χ3n) is 2.92. The third kappa shape index (κ3) is 4.57. The van der Waals surface area contributed by atoms with Crippen LogP contribution in [0.2, 0.25) is 0 Å². The standard InChI is InChI=1S/C16H19N3O2/c1-2-4-15(17)16(20)19-12-5-3-6-14(11-12)21-13-7-9-18-10-8-13/h3,5-11,15H,2,4,17H2,1H3,(H,19,20). The van der Waals surface area contributed by atoms with Gasteiger partial charge in [0.1, 0.15) is 11.5 Å². The predicted octanol–water partition coefficient (Wildman–Crippen LogP) is 2.94. The van der Waals surface area contributed by atoms with Crippen molar-refractivity contribution < 1.29 is 9.53 Å². The number of benzene rings is 1. The van der Waals surface area contributed by atoms with Crippen LogP contribution in [0.15, 0.2) is 48.8 Å². The van der Waals surface area contributed by atoms with Gasteiger partial charge >= 0.3 is 0 Å². The van der Waals surface area contributed by atoms with Crippen LogP contribution in [0.25, 0.3) is 0 Å². The molecule has 5 nitrogen and oxygen atoms in total. The maximum atomic E-state index is 11.9. The molecule has 0 radical (unpaired) electrons. The summed E-state index contributed by atoms with van der Waals surface area (Å²) >= 11 is 0. The number of nitrogens with zero attached hydrogens (tertiary/aromatic N) is 1. The number of nitrogens with one attached hydrogen (secondary N) is 1. The SMILES string of the molecule is CCCC(N)C(=O)Nc1cccc(Oc2ccncc2)c1. The topological polar surface area (TPSA) is 77.2 Å². The fourth-order valence-corrected chi connectivity index (χ4v) is 1.86. The maximum Gasteiger partial charge on any atom is 0.241 e. The highest BCUT2D eigenvalue weighted by atomic mass is 16.5. The number of anilines is 1. The number of hydrogen-bond acceptors (Lipinski definition) is 4. The van der Waals surface area contributed by atoms with E-state index < -0.39 is 6.04 Å². The van der Waals surface area contributed by atoms with Crippen LogP contribution in [0.3, 0.4) is 0 Å². The summed E-state index contributed by atoms with van der Waals surface area (Å²) in [7, 11) is 0. The average Bonchev–Trinajstić information content (AvgIpc) is 2.49. The Hall–Kier alpha value is -2.40. The lowest BCUT2D eigenvalue weighted by Gasteiger charge is -2.12. The van der Waals surface area contributed by atoms with Crippen molar-refractivity contribution in [3.8, 4) is 11.5 Å². The summed E-state index contributed by atoms with van der Waals surface area (Å²) in [5.41, 5.74) is 6.45. The Bertz CT molecular complexity index is 587. The second-order valence-corrected chi connectivity index (χ2v) is 4.70. The Labute approximate surface area is 124 Å². The Morgan fingerprint density at radius 3 is 2.76 bits per heavy atom. The van der Waals surface area contributed by atoms with Crippen LogP contribution >= 0.6 is 0 Å². The number of pyridine rings is 1. The van der Waals surface area contributed by atoms with E-state index in [1.807, 2.05) is 19.1 Å². The highest BCUT2D eigenvalue weighted by Crippen LogP contribution is 2.23. The van der Waals surface area contributed by atoms with E-state index in [1.165, 1.54) is 0 Å². The molecule has 1 unspecified atom stereocenters. The number of aromatic nitrogens is 1. The molecule has 21 heavy (non-hydrogen) atoms. The molecule has 110 valence electrons. The molecule has 1 heterocycles. The summed E-state index contributed by atoms with van der Waals surface area (Å²) in [6, 6.07) is 10.2. The van der Waals surface area contributed by atoms with Crippen LogP contribution in [0.4, 0.5) is 5.69 Å². The van der Waals surface area contributed by atoms with Gasteiger partial charge in [-0.1, -0.05) is 19.4 Å². The summed E-state index contributed by atoms with van der Waals surface area (Å²) in [4.78, 5) is 15.8. The molecule has 0 bridgehead atoms. The first-order chi connectivity index (χ1) is 10.2. The molecule has 2 rings (SSSR count). The lowest BCUT2D eigenvalue weighted by atomic mass is 10.1. The highest BCUT2D eigenvalue weighted by Gasteiger charge is 2.12. The first-order valence-electron chi connectivity index (χ1n) is 6.93. The Morgan fingerprint density at radius 1 is 1.29 bits per heavy atom. The number of amides is 1. The van der Waals surface area contributed by atoms with Gasteiger partial charge in [-0.2, -0.15) is 0 Å². The molecule has 1 aromatic carbocycles. The number of rotatable bonds is 6. The fourth-order valence-electron chi connectivity index (χ4n) is 1.86. The second kappa shape index (κ2) is 7.40. The predicted molar refractivity (Wildman–Crippen MR) is 82.3 cm³/mol. The van der Waals surface area contributed by atoms with Crippen molar-refractivity contribution in [3.05, 3.63) is 48.8 Å². The molecule has 0 spiro atoms. The van der Waals surface area contributed by atoms with Crippen LogP contribution < -0.4 is 15.8 Å². The summed E-state index contributed by atoms with van der Waals surface area (Å²) < 4.78 is 5.69. The van der Waals surface area contributed by atoms with Crippen molar-refractivity contribution >= 4 is 11.6 Å². The van der Waals surface area contributed by atoms with Crippen molar-refractivity contribution in [2.24, 2.45) is 5.73 Å². The van der Waals surface area contributed by atoms with Crippen molar-refractivity contribution in [2.75, 3.05) is 5.32 Å². The van der Waals surface area contributed by atoms with Crippen LogP contribution in [-0.4, -0.2) is 16.9 Å². The summed E-state index contributed by atoms with van der Waals surface area (Å²) in [6.07, 6.45) is 4.86. The van der Waals surface area contributed by atoms with Gasteiger partial charge < -0.3 is 15.8 Å². The molecular formula is C16H19N3O2. The molecule has 0 aliphatic heterocycles. The molecule has 3 N–H and O–H groups in total. The molecule has 1 atom stereocenters. The number of carbonyl (C=O) groups is 1. The normalized spacial score (nSPS) is 11.7.